The van der Waals surface area contributed by atoms with Crippen molar-refractivity contribution in [2.75, 3.05) is 6.54 Å². The largest absolute Gasteiger partial charge is 0.444 e. The number of hydrogen-bond acceptors (Lipinski definition) is 5. The second-order valence-corrected chi connectivity index (χ2v) is 8.61. The van der Waals surface area contributed by atoms with E-state index >= 15 is 0 Å². The first-order valence-electron chi connectivity index (χ1n) is 10.2. The van der Waals surface area contributed by atoms with Gasteiger partial charge >= 0.3 is 6.09 Å². The monoisotopic (exact) mass is 403 g/mol. The lowest BCUT2D eigenvalue weighted by Crippen LogP contribution is -2.42. The zero-order valence-electron chi connectivity index (χ0n) is 17.5. The van der Waals surface area contributed by atoms with Gasteiger partial charge in [-0.25, -0.2) is 9.78 Å². The number of carbonyl (C=O) groups excluding carboxylic acids is 1. The minimum Gasteiger partial charge on any atom is -0.444 e. The minimum absolute atomic E-state index is 0.223. The summed E-state index contributed by atoms with van der Waals surface area (Å²) in [7, 11) is 0. The van der Waals surface area contributed by atoms with Gasteiger partial charge in [0.25, 0.3) is 0 Å². The number of fused-ring (bicyclic) bond motifs is 1. The van der Waals surface area contributed by atoms with Crippen molar-refractivity contribution >= 4 is 17.2 Å². The summed E-state index contributed by atoms with van der Waals surface area (Å²) >= 11 is 0. The number of nitrogens with zero attached hydrogens (tertiary/aromatic N) is 3. The van der Waals surface area contributed by atoms with Gasteiger partial charge in [0, 0.05) is 6.54 Å². The van der Waals surface area contributed by atoms with Gasteiger partial charge < -0.3 is 9.15 Å². The van der Waals surface area contributed by atoms with E-state index in [9.17, 15) is 4.79 Å². The number of oxazole rings is 1. The lowest BCUT2D eigenvalue weighted by atomic mass is 10.0. The van der Waals surface area contributed by atoms with Gasteiger partial charge in [-0.1, -0.05) is 18.2 Å². The molecular weight excluding hydrogens is 378 g/mol. The van der Waals surface area contributed by atoms with E-state index in [4.69, 9.17) is 19.4 Å². The number of amides is 1. The topological polar surface area (TPSA) is 79.4 Å². The molecule has 0 saturated carbocycles. The third-order valence-corrected chi connectivity index (χ3v) is 5.17. The Morgan fingerprint density at radius 3 is 2.60 bits per heavy atom. The highest BCUT2D eigenvalue weighted by Gasteiger charge is 2.34. The zero-order valence-corrected chi connectivity index (χ0v) is 17.5. The number of likely N-dealkylation sites (tertiary alicyclic amines) is 1. The van der Waals surface area contributed by atoms with E-state index in [1.165, 1.54) is 0 Å². The van der Waals surface area contributed by atoms with Crippen molar-refractivity contribution in [3.63, 3.8) is 0 Å². The van der Waals surface area contributed by atoms with Crippen LogP contribution in [0.5, 0.6) is 0 Å². The second kappa shape index (κ2) is 7.83. The van der Waals surface area contributed by atoms with E-state index in [0.29, 0.717) is 23.6 Å². The molecule has 2 heterocycles. The van der Waals surface area contributed by atoms with Crippen LogP contribution in [0.15, 0.2) is 46.9 Å². The Balaban J connectivity index is 1.63. The van der Waals surface area contributed by atoms with E-state index < -0.39 is 5.60 Å². The Kier molecular flexibility index (Phi) is 5.21. The number of aromatic nitrogens is 1. The van der Waals surface area contributed by atoms with Gasteiger partial charge in [-0.3, -0.25) is 4.90 Å². The van der Waals surface area contributed by atoms with E-state index in [1.54, 1.807) is 17.0 Å². The SMILES string of the molecule is CC(C)(C)OC(=O)N1CCCCC1c1nc2cc(-c3ccc(C#N)cc3)ccc2o1. The third-order valence-electron chi connectivity index (χ3n) is 5.17. The van der Waals surface area contributed by atoms with Crippen LogP contribution in [0.2, 0.25) is 0 Å². The summed E-state index contributed by atoms with van der Waals surface area (Å²) in [6, 6.07) is 15.2. The summed E-state index contributed by atoms with van der Waals surface area (Å²) in [6.07, 6.45) is 2.43. The lowest BCUT2D eigenvalue weighted by molar-refractivity contribution is 0.00630. The molecule has 1 atom stereocenters. The molecule has 1 amide bonds. The molecule has 0 aliphatic carbocycles. The Morgan fingerprint density at radius 1 is 1.17 bits per heavy atom. The van der Waals surface area contributed by atoms with E-state index in [2.05, 4.69) is 6.07 Å². The fraction of sp³-hybridized carbons (Fsp3) is 0.375. The van der Waals surface area contributed by atoms with Crippen molar-refractivity contribution in [3.8, 4) is 17.2 Å². The van der Waals surface area contributed by atoms with Gasteiger partial charge in [-0.2, -0.15) is 5.26 Å². The molecule has 2 aromatic carbocycles. The van der Waals surface area contributed by atoms with E-state index in [1.807, 2.05) is 51.1 Å². The van der Waals surface area contributed by atoms with Crippen LogP contribution in [-0.2, 0) is 4.74 Å². The summed E-state index contributed by atoms with van der Waals surface area (Å²) in [4.78, 5) is 19.2. The van der Waals surface area contributed by atoms with Crippen LogP contribution >= 0.6 is 0 Å². The maximum atomic E-state index is 12.7. The molecular formula is C24H25N3O3. The highest BCUT2D eigenvalue weighted by atomic mass is 16.6. The van der Waals surface area contributed by atoms with Gasteiger partial charge in [-0.15, -0.1) is 0 Å². The molecule has 1 aliphatic heterocycles. The normalized spacial score (nSPS) is 17.0. The molecule has 154 valence electrons. The van der Waals surface area contributed by atoms with Crippen molar-refractivity contribution in [2.45, 2.75) is 51.7 Å². The van der Waals surface area contributed by atoms with Crippen LogP contribution in [-0.4, -0.2) is 28.1 Å². The molecule has 4 rings (SSSR count). The number of nitriles is 1. The number of hydrogen-bond donors (Lipinski definition) is 0. The maximum Gasteiger partial charge on any atom is 0.410 e. The molecule has 1 saturated heterocycles. The summed E-state index contributed by atoms with van der Waals surface area (Å²) in [5.74, 6) is 0.549. The molecule has 0 radical (unpaired) electrons. The number of carbonyl (C=O) groups is 1. The Bertz CT molecular complexity index is 1100. The molecule has 1 fully saturated rings. The van der Waals surface area contributed by atoms with Crippen LogP contribution in [0, 0.1) is 11.3 Å². The number of piperidine rings is 1. The van der Waals surface area contributed by atoms with Crippen LogP contribution in [0.25, 0.3) is 22.2 Å². The van der Waals surface area contributed by atoms with Crippen LogP contribution in [0.4, 0.5) is 4.79 Å². The number of benzene rings is 2. The molecule has 30 heavy (non-hydrogen) atoms. The maximum absolute atomic E-state index is 12.7. The Labute approximate surface area is 176 Å². The Morgan fingerprint density at radius 2 is 1.90 bits per heavy atom. The predicted octanol–water partition coefficient (Wildman–Crippen LogP) is 5.83. The third kappa shape index (κ3) is 4.16. The summed E-state index contributed by atoms with van der Waals surface area (Å²) in [6.45, 7) is 6.24. The van der Waals surface area contributed by atoms with Crippen LogP contribution < -0.4 is 0 Å². The molecule has 3 aromatic rings. The van der Waals surface area contributed by atoms with Gasteiger partial charge in [0.2, 0.25) is 5.89 Å². The second-order valence-electron chi connectivity index (χ2n) is 8.61. The average Bonchev–Trinajstić information content (AvgIpc) is 3.16. The molecule has 1 aliphatic rings. The van der Waals surface area contributed by atoms with Crippen LogP contribution in [0.3, 0.4) is 0 Å². The molecule has 6 nitrogen and oxygen atoms in total. The minimum atomic E-state index is -0.545. The standard InChI is InChI=1S/C24H25N3O3/c1-24(2,3)30-23(28)27-13-5-4-6-20(27)22-26-19-14-18(11-12-21(19)29-22)17-9-7-16(15-25)8-10-17/h7-12,14,20H,4-6,13H2,1-3H3. The first-order valence-corrected chi connectivity index (χ1v) is 10.2. The lowest BCUT2D eigenvalue weighted by Gasteiger charge is -2.35. The smallest absolute Gasteiger partial charge is 0.410 e. The van der Waals surface area contributed by atoms with Crippen molar-refractivity contribution in [3.05, 3.63) is 53.9 Å². The molecule has 0 N–H and O–H groups in total. The Hall–Kier alpha value is -3.33. The van der Waals surface area contributed by atoms with Crippen molar-refractivity contribution in [2.24, 2.45) is 0 Å². The van der Waals surface area contributed by atoms with Gasteiger partial charge in [-0.05, 0) is 75.4 Å². The molecule has 1 aromatic heterocycles. The first kappa shape index (κ1) is 20.0. The number of rotatable bonds is 2. The van der Waals surface area contributed by atoms with Crippen LogP contribution in [0.1, 0.15) is 57.5 Å². The molecule has 6 heteroatoms. The highest BCUT2D eigenvalue weighted by Crippen LogP contribution is 2.34. The average molecular weight is 403 g/mol. The number of ether oxygens (including phenoxy) is 1. The summed E-state index contributed by atoms with van der Waals surface area (Å²) in [5.41, 5.74) is 3.53. The quantitative estimate of drug-likeness (QED) is 0.538. The molecule has 0 spiro atoms. The predicted molar refractivity (Wildman–Crippen MR) is 114 cm³/mol. The van der Waals surface area contributed by atoms with Gasteiger partial charge in [0.15, 0.2) is 5.58 Å². The first-order chi connectivity index (χ1) is 14.3. The van der Waals surface area contributed by atoms with Crippen molar-refractivity contribution < 1.29 is 13.9 Å². The van der Waals surface area contributed by atoms with E-state index in [0.717, 1.165) is 35.9 Å². The summed E-state index contributed by atoms with van der Waals surface area (Å²) < 4.78 is 11.6. The van der Waals surface area contributed by atoms with Crippen molar-refractivity contribution in [1.82, 2.24) is 9.88 Å². The summed E-state index contributed by atoms with van der Waals surface area (Å²) in [5, 5.41) is 8.98. The highest BCUT2D eigenvalue weighted by molar-refractivity contribution is 5.80. The van der Waals surface area contributed by atoms with Crippen molar-refractivity contribution in [1.29, 1.82) is 5.26 Å². The molecule has 1 unspecified atom stereocenters. The zero-order chi connectivity index (χ0) is 21.3. The van der Waals surface area contributed by atoms with E-state index in [-0.39, 0.29) is 12.1 Å². The fourth-order valence-electron chi connectivity index (χ4n) is 3.73. The van der Waals surface area contributed by atoms with Gasteiger partial charge in [0.05, 0.1) is 11.6 Å². The fourth-order valence-corrected chi connectivity index (χ4v) is 3.73. The van der Waals surface area contributed by atoms with Gasteiger partial charge in [0.1, 0.15) is 17.2 Å². The molecule has 0 bridgehead atoms.